The van der Waals surface area contributed by atoms with Crippen molar-refractivity contribution < 1.29 is 9.47 Å². The fourth-order valence-electron chi connectivity index (χ4n) is 3.11. The molecule has 7 heteroatoms. The third-order valence-electron chi connectivity index (χ3n) is 4.46. The summed E-state index contributed by atoms with van der Waals surface area (Å²) < 4.78 is 12.4. The molecule has 0 N–H and O–H groups in total. The van der Waals surface area contributed by atoms with Crippen molar-refractivity contribution in [3.63, 3.8) is 0 Å². The highest BCUT2D eigenvalue weighted by Crippen LogP contribution is 2.31. The van der Waals surface area contributed by atoms with Crippen LogP contribution in [0.15, 0.2) is 70.1 Å². The molecule has 4 aromatic rings. The maximum Gasteiger partial charge on any atom is 0.283 e. The van der Waals surface area contributed by atoms with Crippen molar-refractivity contribution in [2.75, 3.05) is 13.2 Å². The van der Waals surface area contributed by atoms with Crippen LogP contribution < -0.4 is 15.0 Å². The van der Waals surface area contributed by atoms with Gasteiger partial charge in [-0.3, -0.25) is 4.79 Å². The molecule has 1 aliphatic heterocycles. The Morgan fingerprint density at radius 2 is 1.89 bits per heavy atom. The van der Waals surface area contributed by atoms with Gasteiger partial charge in [0.25, 0.3) is 5.56 Å². The lowest BCUT2D eigenvalue weighted by atomic mass is 10.1. The maximum atomic E-state index is 13.0. The van der Waals surface area contributed by atoms with Gasteiger partial charge in [0.15, 0.2) is 11.5 Å². The Bertz CT molecular complexity index is 1240. The number of ether oxygens (including phenoxy) is 2. The minimum Gasteiger partial charge on any atom is -0.486 e. The predicted octanol–water partition coefficient (Wildman–Crippen LogP) is 3.78. The quantitative estimate of drug-likeness (QED) is 0.500. The third kappa shape index (κ3) is 2.95. The van der Waals surface area contributed by atoms with Gasteiger partial charge in [0.2, 0.25) is 0 Å². The van der Waals surface area contributed by atoms with E-state index in [9.17, 15) is 4.79 Å². The molecule has 0 saturated heterocycles. The van der Waals surface area contributed by atoms with Gasteiger partial charge in [-0.15, -0.1) is 11.3 Å². The second kappa shape index (κ2) is 6.94. The second-order valence-corrected chi connectivity index (χ2v) is 7.10. The molecule has 6 nitrogen and oxygen atoms in total. The van der Waals surface area contributed by atoms with E-state index in [0.717, 1.165) is 22.4 Å². The summed E-state index contributed by atoms with van der Waals surface area (Å²) in [6.45, 7) is 1.07. The van der Waals surface area contributed by atoms with Crippen LogP contribution in [0.5, 0.6) is 11.5 Å². The van der Waals surface area contributed by atoms with E-state index in [1.165, 1.54) is 22.3 Å². The average molecular weight is 389 g/mol. The van der Waals surface area contributed by atoms with Crippen molar-refractivity contribution in [3.05, 3.63) is 76.2 Å². The van der Waals surface area contributed by atoms with E-state index in [1.54, 1.807) is 6.21 Å². The smallest absolute Gasteiger partial charge is 0.283 e. The molecule has 28 heavy (non-hydrogen) atoms. The van der Waals surface area contributed by atoms with Gasteiger partial charge in [-0.2, -0.15) is 9.78 Å². The third-order valence-corrected chi connectivity index (χ3v) is 5.35. The Morgan fingerprint density at radius 3 is 2.75 bits per heavy atom. The first-order chi connectivity index (χ1) is 13.8. The number of hydrogen-bond donors (Lipinski definition) is 0. The summed E-state index contributed by atoms with van der Waals surface area (Å²) in [5.74, 6) is 1.40. The molecular formula is C21H15N3O3S. The molecule has 2 aromatic carbocycles. The average Bonchev–Trinajstić information content (AvgIpc) is 3.19. The monoisotopic (exact) mass is 389 g/mol. The fourth-order valence-corrected chi connectivity index (χ4v) is 4.01. The van der Waals surface area contributed by atoms with Crippen LogP contribution in [0.4, 0.5) is 0 Å². The molecule has 0 unspecified atom stereocenters. The highest BCUT2D eigenvalue weighted by Gasteiger charge is 2.13. The standard InChI is InChI=1S/C21H15N3O3S/c25-21-19-16(15-4-2-1-3-5-15)12-28-20(19)22-13-24(21)23-11-14-6-7-17-18(10-14)27-9-8-26-17/h1-7,10-13H,8-9H2. The Morgan fingerprint density at radius 1 is 1.07 bits per heavy atom. The molecule has 0 saturated carbocycles. The minimum atomic E-state index is -0.195. The van der Waals surface area contributed by atoms with Gasteiger partial charge in [0.05, 0.1) is 11.6 Å². The Labute approximate surface area is 164 Å². The van der Waals surface area contributed by atoms with Gasteiger partial charge in [-0.05, 0) is 29.3 Å². The summed E-state index contributed by atoms with van der Waals surface area (Å²) in [5, 5.41) is 6.86. The van der Waals surface area contributed by atoms with Crippen LogP contribution in [-0.4, -0.2) is 29.1 Å². The zero-order valence-electron chi connectivity index (χ0n) is 14.7. The SMILES string of the molecule is O=c1c2c(-c3ccccc3)csc2ncn1N=Cc1ccc2c(c1)OCCO2. The summed E-state index contributed by atoms with van der Waals surface area (Å²) in [7, 11) is 0. The zero-order valence-corrected chi connectivity index (χ0v) is 15.6. The number of benzene rings is 2. The Balaban J connectivity index is 1.54. The Kier molecular flexibility index (Phi) is 4.14. The number of rotatable bonds is 3. The largest absolute Gasteiger partial charge is 0.486 e. The molecule has 0 aliphatic carbocycles. The van der Waals surface area contributed by atoms with E-state index in [2.05, 4.69) is 10.1 Å². The molecule has 138 valence electrons. The molecule has 0 atom stereocenters. The van der Waals surface area contributed by atoms with Crippen LogP contribution in [0.3, 0.4) is 0 Å². The van der Waals surface area contributed by atoms with Crippen LogP contribution >= 0.6 is 11.3 Å². The van der Waals surface area contributed by atoms with E-state index < -0.39 is 0 Å². The van der Waals surface area contributed by atoms with E-state index in [1.807, 2.05) is 53.9 Å². The van der Waals surface area contributed by atoms with Crippen LogP contribution in [-0.2, 0) is 0 Å². The first-order valence-electron chi connectivity index (χ1n) is 8.78. The zero-order chi connectivity index (χ0) is 18.9. The predicted molar refractivity (Wildman–Crippen MR) is 110 cm³/mol. The molecule has 0 fully saturated rings. The molecule has 3 heterocycles. The van der Waals surface area contributed by atoms with Gasteiger partial charge < -0.3 is 9.47 Å². The molecule has 1 aliphatic rings. The van der Waals surface area contributed by atoms with Gasteiger partial charge in [-0.1, -0.05) is 30.3 Å². The van der Waals surface area contributed by atoms with Gasteiger partial charge >= 0.3 is 0 Å². The van der Waals surface area contributed by atoms with E-state index in [-0.39, 0.29) is 5.56 Å². The summed E-state index contributed by atoms with van der Waals surface area (Å²) >= 11 is 1.45. The number of nitrogens with zero attached hydrogens (tertiary/aromatic N) is 3. The summed E-state index contributed by atoms with van der Waals surface area (Å²) in [6, 6.07) is 15.4. The van der Waals surface area contributed by atoms with Crippen molar-refractivity contribution in [1.29, 1.82) is 0 Å². The number of aromatic nitrogens is 2. The van der Waals surface area contributed by atoms with Gasteiger partial charge in [0.1, 0.15) is 24.4 Å². The Hall–Kier alpha value is -3.45. The van der Waals surface area contributed by atoms with Crippen molar-refractivity contribution >= 4 is 27.8 Å². The number of hydrogen-bond acceptors (Lipinski definition) is 6. The molecule has 0 amide bonds. The molecular weight excluding hydrogens is 374 g/mol. The van der Waals surface area contributed by atoms with Gasteiger partial charge in [-0.25, -0.2) is 4.98 Å². The first-order valence-corrected chi connectivity index (χ1v) is 9.66. The highest BCUT2D eigenvalue weighted by molar-refractivity contribution is 7.17. The van der Waals surface area contributed by atoms with Crippen molar-refractivity contribution in [3.8, 4) is 22.6 Å². The highest BCUT2D eigenvalue weighted by atomic mass is 32.1. The van der Waals surface area contributed by atoms with E-state index in [0.29, 0.717) is 29.2 Å². The van der Waals surface area contributed by atoms with Gasteiger partial charge in [0, 0.05) is 10.9 Å². The molecule has 0 radical (unpaired) electrons. The summed E-state index contributed by atoms with van der Waals surface area (Å²) in [4.78, 5) is 18.1. The van der Waals surface area contributed by atoms with Crippen molar-refractivity contribution in [2.24, 2.45) is 5.10 Å². The maximum absolute atomic E-state index is 13.0. The van der Waals surface area contributed by atoms with Crippen LogP contribution in [0, 0.1) is 0 Å². The summed E-state index contributed by atoms with van der Waals surface area (Å²) in [6.07, 6.45) is 3.06. The second-order valence-electron chi connectivity index (χ2n) is 6.24. The normalized spacial score (nSPS) is 13.3. The first kappa shape index (κ1) is 16.7. The van der Waals surface area contributed by atoms with Crippen LogP contribution in [0.25, 0.3) is 21.3 Å². The molecule has 5 rings (SSSR count). The summed E-state index contributed by atoms with van der Waals surface area (Å²) in [5.41, 5.74) is 2.48. The number of fused-ring (bicyclic) bond motifs is 2. The van der Waals surface area contributed by atoms with Crippen molar-refractivity contribution in [1.82, 2.24) is 9.66 Å². The molecule has 2 aromatic heterocycles. The van der Waals surface area contributed by atoms with E-state index >= 15 is 0 Å². The van der Waals surface area contributed by atoms with Crippen LogP contribution in [0.1, 0.15) is 5.56 Å². The number of thiophene rings is 1. The lowest BCUT2D eigenvalue weighted by Crippen LogP contribution is -2.17. The van der Waals surface area contributed by atoms with Crippen molar-refractivity contribution in [2.45, 2.75) is 0 Å². The van der Waals surface area contributed by atoms with E-state index in [4.69, 9.17) is 9.47 Å². The molecule has 0 bridgehead atoms. The lowest BCUT2D eigenvalue weighted by molar-refractivity contribution is 0.171. The topological polar surface area (TPSA) is 65.7 Å². The van der Waals surface area contributed by atoms with Crippen LogP contribution in [0.2, 0.25) is 0 Å². The molecule has 0 spiro atoms. The lowest BCUT2D eigenvalue weighted by Gasteiger charge is -2.18. The fraction of sp³-hybridized carbons (Fsp3) is 0.0952. The minimum absolute atomic E-state index is 0.195.